The van der Waals surface area contributed by atoms with Crippen molar-refractivity contribution in [2.45, 2.75) is 52.6 Å². The Bertz CT molecular complexity index is 489. The molecule has 0 saturated carbocycles. The quantitative estimate of drug-likeness (QED) is 0.388. The Morgan fingerprint density at radius 1 is 1.04 bits per heavy atom. The first-order valence-electron chi connectivity index (χ1n) is 9.31. The van der Waals surface area contributed by atoms with E-state index in [1.165, 1.54) is 5.56 Å². The fourth-order valence-corrected chi connectivity index (χ4v) is 2.93. The second kappa shape index (κ2) is 11.7. The third kappa shape index (κ3) is 8.25. The van der Waals surface area contributed by atoms with Gasteiger partial charge in [-0.15, -0.1) is 0 Å². The van der Waals surface area contributed by atoms with Gasteiger partial charge in [0.2, 0.25) is 0 Å². The lowest BCUT2D eigenvalue weighted by Gasteiger charge is -2.30. The maximum Gasteiger partial charge on any atom is 0.191 e. The zero-order chi connectivity index (χ0) is 18.7. The minimum atomic E-state index is 0.557. The van der Waals surface area contributed by atoms with Crippen molar-refractivity contribution in [2.24, 2.45) is 4.99 Å². The molecular weight excluding hydrogens is 312 g/mol. The number of nitrogens with one attached hydrogen (secondary N) is 2. The van der Waals surface area contributed by atoms with Crippen LogP contribution in [0.15, 0.2) is 29.3 Å². The number of rotatable bonds is 10. The monoisotopic (exact) mass is 348 g/mol. The van der Waals surface area contributed by atoms with E-state index in [2.05, 4.69) is 60.4 Å². The van der Waals surface area contributed by atoms with Gasteiger partial charge in [-0.2, -0.15) is 0 Å². The fourth-order valence-electron chi connectivity index (χ4n) is 2.93. The van der Waals surface area contributed by atoms with Crippen LogP contribution in [-0.2, 0) is 6.42 Å². The molecule has 2 N–H and O–H groups in total. The second-order valence-corrected chi connectivity index (χ2v) is 6.80. The summed E-state index contributed by atoms with van der Waals surface area (Å²) in [7, 11) is 3.51. The summed E-state index contributed by atoms with van der Waals surface area (Å²) >= 11 is 0. The fraction of sp³-hybridized carbons (Fsp3) is 0.650. The van der Waals surface area contributed by atoms with Crippen LogP contribution in [0.4, 0.5) is 0 Å². The molecule has 5 heteroatoms. The molecule has 0 radical (unpaired) electrons. The number of methoxy groups -OCH3 is 1. The minimum Gasteiger partial charge on any atom is -0.497 e. The molecule has 0 aromatic heterocycles. The molecule has 1 aromatic rings. The first kappa shape index (κ1) is 21.3. The maximum absolute atomic E-state index is 5.18. The van der Waals surface area contributed by atoms with Crippen molar-refractivity contribution in [3.05, 3.63) is 29.8 Å². The average Bonchev–Trinajstić information content (AvgIpc) is 2.60. The van der Waals surface area contributed by atoms with Crippen molar-refractivity contribution < 1.29 is 4.74 Å². The summed E-state index contributed by atoms with van der Waals surface area (Å²) in [5, 5.41) is 6.79. The third-order valence-electron chi connectivity index (χ3n) is 4.31. The number of benzene rings is 1. The molecule has 0 heterocycles. The summed E-state index contributed by atoms with van der Waals surface area (Å²) in [6.07, 6.45) is 2.11. The van der Waals surface area contributed by atoms with Gasteiger partial charge >= 0.3 is 0 Å². The van der Waals surface area contributed by atoms with Gasteiger partial charge in [-0.05, 0) is 58.2 Å². The van der Waals surface area contributed by atoms with E-state index in [9.17, 15) is 0 Å². The van der Waals surface area contributed by atoms with Crippen molar-refractivity contribution in [3.63, 3.8) is 0 Å². The van der Waals surface area contributed by atoms with Gasteiger partial charge in [0.15, 0.2) is 5.96 Å². The molecular formula is C20H36N4O. The predicted molar refractivity (Wildman–Crippen MR) is 108 cm³/mol. The van der Waals surface area contributed by atoms with E-state index in [0.29, 0.717) is 12.1 Å². The molecule has 25 heavy (non-hydrogen) atoms. The van der Waals surface area contributed by atoms with Crippen LogP contribution >= 0.6 is 0 Å². The second-order valence-electron chi connectivity index (χ2n) is 6.80. The van der Waals surface area contributed by atoms with Gasteiger partial charge in [0.25, 0.3) is 0 Å². The zero-order valence-corrected chi connectivity index (χ0v) is 16.8. The number of nitrogens with zero attached hydrogens (tertiary/aromatic N) is 2. The summed E-state index contributed by atoms with van der Waals surface area (Å²) in [6.45, 7) is 11.8. The molecule has 142 valence electrons. The molecule has 0 aliphatic carbocycles. The van der Waals surface area contributed by atoms with Gasteiger partial charge in [-0.25, -0.2) is 0 Å². The van der Waals surface area contributed by atoms with Crippen molar-refractivity contribution in [1.82, 2.24) is 15.5 Å². The Hall–Kier alpha value is -1.75. The number of aryl methyl sites for hydroxylation is 1. The van der Waals surface area contributed by atoms with Crippen LogP contribution in [0.2, 0.25) is 0 Å². The highest BCUT2D eigenvalue weighted by atomic mass is 16.5. The highest BCUT2D eigenvalue weighted by Gasteiger charge is 2.12. The third-order valence-corrected chi connectivity index (χ3v) is 4.31. The van der Waals surface area contributed by atoms with E-state index in [-0.39, 0.29) is 0 Å². The van der Waals surface area contributed by atoms with Crippen molar-refractivity contribution in [2.75, 3.05) is 33.8 Å². The van der Waals surface area contributed by atoms with Gasteiger partial charge in [-0.3, -0.25) is 9.89 Å². The van der Waals surface area contributed by atoms with Crippen LogP contribution in [0.3, 0.4) is 0 Å². The van der Waals surface area contributed by atoms with E-state index in [1.54, 1.807) is 7.11 Å². The van der Waals surface area contributed by atoms with Crippen LogP contribution < -0.4 is 15.4 Å². The largest absolute Gasteiger partial charge is 0.497 e. The number of ether oxygens (including phenoxy) is 1. The summed E-state index contributed by atoms with van der Waals surface area (Å²) in [4.78, 5) is 6.78. The van der Waals surface area contributed by atoms with Gasteiger partial charge in [0, 0.05) is 38.8 Å². The average molecular weight is 349 g/mol. The van der Waals surface area contributed by atoms with Crippen LogP contribution in [-0.4, -0.2) is 56.7 Å². The molecule has 0 aliphatic rings. The Morgan fingerprint density at radius 2 is 1.64 bits per heavy atom. The van der Waals surface area contributed by atoms with Crippen LogP contribution in [0.5, 0.6) is 5.75 Å². The van der Waals surface area contributed by atoms with Crippen LogP contribution in [0.1, 0.15) is 39.7 Å². The molecule has 0 fully saturated rings. The Labute approximate surface area is 153 Å². The first-order chi connectivity index (χ1) is 12.0. The number of aliphatic imine (C=N–C) groups is 1. The van der Waals surface area contributed by atoms with E-state index >= 15 is 0 Å². The molecule has 0 amide bonds. The van der Waals surface area contributed by atoms with Gasteiger partial charge in [0.1, 0.15) is 5.75 Å². The number of hydrogen-bond acceptors (Lipinski definition) is 3. The van der Waals surface area contributed by atoms with Crippen LogP contribution in [0.25, 0.3) is 0 Å². The van der Waals surface area contributed by atoms with E-state index < -0.39 is 0 Å². The molecule has 0 saturated heterocycles. The molecule has 5 nitrogen and oxygen atoms in total. The van der Waals surface area contributed by atoms with Crippen molar-refractivity contribution in [3.8, 4) is 5.75 Å². The first-order valence-corrected chi connectivity index (χ1v) is 9.31. The Morgan fingerprint density at radius 3 is 2.16 bits per heavy atom. The Balaban J connectivity index is 2.25. The van der Waals surface area contributed by atoms with E-state index in [0.717, 1.165) is 44.2 Å². The van der Waals surface area contributed by atoms with Crippen LogP contribution in [0, 0.1) is 0 Å². The van der Waals surface area contributed by atoms with Crippen molar-refractivity contribution in [1.29, 1.82) is 0 Å². The molecule has 0 spiro atoms. The molecule has 0 unspecified atom stereocenters. The SMILES string of the molecule is CN=C(NCCCc1ccc(OC)cc1)NCCN(C(C)C)C(C)C. The molecule has 0 aliphatic heterocycles. The molecule has 1 rings (SSSR count). The van der Waals surface area contributed by atoms with E-state index in [1.807, 2.05) is 19.2 Å². The van der Waals surface area contributed by atoms with Gasteiger partial charge < -0.3 is 15.4 Å². The van der Waals surface area contributed by atoms with E-state index in [4.69, 9.17) is 4.74 Å². The van der Waals surface area contributed by atoms with Crippen molar-refractivity contribution >= 4 is 5.96 Å². The highest BCUT2D eigenvalue weighted by Crippen LogP contribution is 2.12. The molecule has 0 atom stereocenters. The minimum absolute atomic E-state index is 0.557. The Kier molecular flexibility index (Phi) is 10.0. The lowest BCUT2D eigenvalue weighted by molar-refractivity contribution is 0.178. The smallest absolute Gasteiger partial charge is 0.191 e. The highest BCUT2D eigenvalue weighted by molar-refractivity contribution is 5.79. The normalized spacial score (nSPS) is 12.1. The summed E-state index contributed by atoms with van der Waals surface area (Å²) < 4.78 is 5.18. The topological polar surface area (TPSA) is 48.9 Å². The maximum atomic E-state index is 5.18. The number of hydrogen-bond donors (Lipinski definition) is 2. The summed E-state index contributed by atoms with van der Waals surface area (Å²) in [5.41, 5.74) is 1.33. The lowest BCUT2D eigenvalue weighted by atomic mass is 10.1. The predicted octanol–water partition coefficient (Wildman–Crippen LogP) is 2.91. The number of guanidine groups is 1. The summed E-state index contributed by atoms with van der Waals surface area (Å²) in [5.74, 6) is 1.78. The zero-order valence-electron chi connectivity index (χ0n) is 16.8. The standard InChI is InChI=1S/C20H36N4O/c1-16(2)24(17(3)4)15-14-23-20(21-5)22-13-7-8-18-9-11-19(25-6)12-10-18/h9-12,16-17H,7-8,13-15H2,1-6H3,(H2,21,22,23). The van der Waals surface area contributed by atoms with Gasteiger partial charge in [-0.1, -0.05) is 12.1 Å². The molecule has 1 aromatic carbocycles. The summed E-state index contributed by atoms with van der Waals surface area (Å²) in [6, 6.07) is 9.38. The molecule has 0 bridgehead atoms. The lowest BCUT2D eigenvalue weighted by Crippen LogP contribution is -2.45. The van der Waals surface area contributed by atoms with Gasteiger partial charge in [0.05, 0.1) is 7.11 Å².